The van der Waals surface area contributed by atoms with Gasteiger partial charge in [0.15, 0.2) is 11.6 Å². The molecule has 36 heavy (non-hydrogen) atoms. The topological polar surface area (TPSA) is 75.3 Å². The quantitative estimate of drug-likeness (QED) is 0.482. The summed E-state index contributed by atoms with van der Waals surface area (Å²) in [6.07, 6.45) is -2.10. The van der Waals surface area contributed by atoms with Crippen molar-refractivity contribution >= 4 is 29.1 Å². The molecule has 3 aromatic rings. The fourth-order valence-electron chi connectivity index (χ4n) is 5.45. The van der Waals surface area contributed by atoms with Crippen molar-refractivity contribution in [2.75, 3.05) is 11.9 Å². The van der Waals surface area contributed by atoms with Gasteiger partial charge in [-0.2, -0.15) is 0 Å². The first kappa shape index (κ1) is 24.1. The molecule has 1 N–H and O–H groups in total. The molecule has 3 saturated heterocycles. The van der Waals surface area contributed by atoms with E-state index in [0.717, 1.165) is 16.5 Å². The summed E-state index contributed by atoms with van der Waals surface area (Å²) in [5.41, 5.74) is 0.838. The number of rotatable bonds is 4. The highest BCUT2D eigenvalue weighted by Crippen LogP contribution is 2.61. The van der Waals surface area contributed by atoms with Gasteiger partial charge >= 0.3 is 0 Å². The third-order valence-corrected chi connectivity index (χ3v) is 9.75. The van der Waals surface area contributed by atoms with Crippen molar-refractivity contribution in [1.29, 1.82) is 0 Å². The van der Waals surface area contributed by atoms with Crippen LogP contribution in [-0.2, 0) is 28.0 Å². The highest BCUT2D eigenvalue weighted by molar-refractivity contribution is 7.68. The number of nitrogens with one attached hydrogen (secondary N) is 1. The lowest BCUT2D eigenvalue weighted by Gasteiger charge is -2.44. The number of anilines is 1. The van der Waals surface area contributed by atoms with Gasteiger partial charge < -0.3 is 28.8 Å². The minimum Gasteiger partial charge on any atom is -0.371 e. The first-order valence-corrected chi connectivity index (χ1v) is 14.1. The van der Waals surface area contributed by atoms with Gasteiger partial charge in [-0.05, 0) is 62.7 Å². The number of benzene rings is 3. The summed E-state index contributed by atoms with van der Waals surface area (Å²) in [5, 5.41) is 6.38. The van der Waals surface area contributed by atoms with Gasteiger partial charge in [0.1, 0.15) is 30.2 Å². The van der Waals surface area contributed by atoms with E-state index in [1.807, 2.05) is 76.2 Å². The van der Waals surface area contributed by atoms with E-state index in [0.29, 0.717) is 11.9 Å². The Morgan fingerprint density at radius 2 is 1.47 bits per heavy atom. The Morgan fingerprint density at radius 3 is 2.19 bits per heavy atom. The van der Waals surface area contributed by atoms with E-state index >= 15 is 0 Å². The molecule has 190 valence electrons. The Hall–Kier alpha value is -2.25. The van der Waals surface area contributed by atoms with Gasteiger partial charge in [-0.3, -0.25) is 4.57 Å². The highest BCUT2D eigenvalue weighted by atomic mass is 31.2. The van der Waals surface area contributed by atoms with Gasteiger partial charge in [-0.25, -0.2) is 0 Å². The largest absolute Gasteiger partial charge is 0.371 e. The molecule has 0 bridgehead atoms. The molecule has 6 rings (SSSR count). The third-order valence-electron chi connectivity index (χ3n) is 7.02. The summed E-state index contributed by atoms with van der Waals surface area (Å²) in [6.45, 7) is 7.80. The molecule has 3 aliphatic rings. The van der Waals surface area contributed by atoms with Crippen molar-refractivity contribution in [2.45, 2.75) is 69.5 Å². The monoisotopic (exact) mass is 509 g/mol. The molecule has 0 aromatic heterocycles. The number of hydrogen-bond acceptors (Lipinski definition) is 7. The first-order chi connectivity index (χ1) is 17.1. The van der Waals surface area contributed by atoms with Crippen molar-refractivity contribution in [3.63, 3.8) is 0 Å². The molecule has 0 spiro atoms. The fourth-order valence-corrected chi connectivity index (χ4v) is 8.16. The zero-order valence-electron chi connectivity index (χ0n) is 20.9. The Kier molecular flexibility index (Phi) is 5.80. The second kappa shape index (κ2) is 8.66. The number of ether oxygens (including phenoxy) is 4. The normalized spacial score (nSPS) is 34.9. The molecule has 8 heteroatoms. The van der Waals surface area contributed by atoms with Gasteiger partial charge in [0, 0.05) is 11.0 Å². The van der Waals surface area contributed by atoms with E-state index in [9.17, 15) is 4.57 Å². The summed E-state index contributed by atoms with van der Waals surface area (Å²) in [6, 6.07) is 23.6. The average molecular weight is 510 g/mol. The predicted molar refractivity (Wildman–Crippen MR) is 139 cm³/mol. The van der Waals surface area contributed by atoms with Crippen LogP contribution >= 0.6 is 7.37 Å². The van der Waals surface area contributed by atoms with Gasteiger partial charge in [0.05, 0.1) is 6.61 Å². The summed E-state index contributed by atoms with van der Waals surface area (Å²) >= 11 is 0. The standard InChI is InChI=1S/C28H32NO6P/c1-27(2)31-17-22(32-27)23-24-25(34-28(3,4)33-24)26(36(30,35-23)21-12-6-5-7-13-21)29-20-15-14-18-10-8-9-11-19(18)16-20/h5-16,22-26,29H,17H2,1-4H3/t22?,23-,24+,25+,26-,36-/m1/s1. The molecule has 3 aliphatic heterocycles. The van der Waals surface area contributed by atoms with Gasteiger partial charge in [-0.1, -0.05) is 48.5 Å². The van der Waals surface area contributed by atoms with Crippen LogP contribution in [0.5, 0.6) is 0 Å². The van der Waals surface area contributed by atoms with Crippen molar-refractivity contribution in [1.82, 2.24) is 0 Å². The van der Waals surface area contributed by atoms with Crippen LogP contribution in [0.4, 0.5) is 5.69 Å². The predicted octanol–water partition coefficient (Wildman–Crippen LogP) is 5.25. The average Bonchev–Trinajstić information content (AvgIpc) is 3.39. The van der Waals surface area contributed by atoms with Gasteiger partial charge in [0.2, 0.25) is 0 Å². The fraction of sp³-hybridized carbons (Fsp3) is 0.429. The third kappa shape index (κ3) is 4.28. The van der Waals surface area contributed by atoms with Crippen LogP contribution in [-0.4, -0.2) is 48.4 Å². The zero-order chi connectivity index (χ0) is 25.1. The molecular weight excluding hydrogens is 477 g/mol. The minimum atomic E-state index is -3.53. The van der Waals surface area contributed by atoms with Gasteiger partial charge in [-0.15, -0.1) is 0 Å². The Labute approximate surface area is 211 Å². The maximum Gasteiger partial charge on any atom is 0.256 e. The molecule has 3 fully saturated rings. The molecule has 3 aromatic carbocycles. The molecule has 7 nitrogen and oxygen atoms in total. The molecule has 0 saturated carbocycles. The summed E-state index contributed by atoms with van der Waals surface area (Å²) in [7, 11) is -3.53. The van der Waals surface area contributed by atoms with Crippen molar-refractivity contribution in [3.05, 3.63) is 72.8 Å². The van der Waals surface area contributed by atoms with E-state index < -0.39 is 49.1 Å². The molecule has 0 radical (unpaired) electrons. The highest BCUT2D eigenvalue weighted by Gasteiger charge is 2.62. The summed E-state index contributed by atoms with van der Waals surface area (Å²) in [4.78, 5) is 0. The van der Waals surface area contributed by atoms with Crippen molar-refractivity contribution in [3.8, 4) is 0 Å². The van der Waals surface area contributed by atoms with Crippen LogP contribution in [0.15, 0.2) is 72.8 Å². The Bertz CT molecular complexity index is 1310. The van der Waals surface area contributed by atoms with Crippen LogP contribution in [0.1, 0.15) is 27.7 Å². The molecule has 0 amide bonds. The van der Waals surface area contributed by atoms with Crippen molar-refractivity contribution < 1.29 is 28.0 Å². The van der Waals surface area contributed by atoms with Crippen LogP contribution in [0.25, 0.3) is 10.8 Å². The van der Waals surface area contributed by atoms with E-state index in [-0.39, 0.29) is 0 Å². The molecule has 1 unspecified atom stereocenters. The maximum atomic E-state index is 15.0. The molecule has 6 atom stereocenters. The van der Waals surface area contributed by atoms with Gasteiger partial charge in [0.25, 0.3) is 7.37 Å². The summed E-state index contributed by atoms with van der Waals surface area (Å²) < 4.78 is 46.4. The van der Waals surface area contributed by atoms with E-state index in [2.05, 4.69) is 29.6 Å². The Morgan fingerprint density at radius 1 is 0.778 bits per heavy atom. The Balaban J connectivity index is 1.43. The molecule has 0 aliphatic carbocycles. The van der Waals surface area contributed by atoms with Crippen LogP contribution in [0.3, 0.4) is 0 Å². The molecular formula is C28H32NO6P. The minimum absolute atomic E-state index is 0.322. The van der Waals surface area contributed by atoms with Crippen molar-refractivity contribution in [2.24, 2.45) is 0 Å². The second-order valence-electron chi connectivity index (χ2n) is 10.6. The summed E-state index contributed by atoms with van der Waals surface area (Å²) in [5.74, 6) is -2.30. The number of hydrogen-bond donors (Lipinski definition) is 1. The SMILES string of the molecule is CC1(C)OCC([C@H]2O[P@](=O)(c3ccccc3)[C@@H](Nc3ccc4ccccc4c3)[C@H]3OC(C)(C)O[C@H]32)O1. The molecule has 3 heterocycles. The van der Waals surface area contributed by atoms with Crippen LogP contribution in [0.2, 0.25) is 0 Å². The second-order valence-corrected chi connectivity index (χ2v) is 13.1. The van der Waals surface area contributed by atoms with Crippen LogP contribution in [0, 0.1) is 0 Å². The van der Waals surface area contributed by atoms with E-state index in [1.165, 1.54) is 0 Å². The van der Waals surface area contributed by atoms with E-state index in [1.54, 1.807) is 0 Å². The maximum absolute atomic E-state index is 15.0. The lowest BCUT2D eigenvalue weighted by Crippen LogP contribution is -2.57. The lowest BCUT2D eigenvalue weighted by atomic mass is 10.0. The lowest BCUT2D eigenvalue weighted by molar-refractivity contribution is -0.174. The van der Waals surface area contributed by atoms with Crippen LogP contribution < -0.4 is 10.6 Å². The zero-order valence-corrected chi connectivity index (χ0v) is 21.8. The number of fused-ring (bicyclic) bond motifs is 2. The smallest absolute Gasteiger partial charge is 0.256 e. The van der Waals surface area contributed by atoms with E-state index in [4.69, 9.17) is 23.5 Å². The first-order valence-electron chi connectivity index (χ1n) is 12.4.